The maximum atomic E-state index is 2.71. The molecule has 1 rings (SSSR count). The number of likely N-dealkylation sites (tertiary alicyclic amines) is 1. The molecule has 1 aliphatic rings. The maximum absolute atomic E-state index is 2.71. The molecule has 1 heterocycles. The topological polar surface area (TPSA) is 3.24 Å². The van der Waals surface area contributed by atoms with Crippen LogP contribution in [0.3, 0.4) is 0 Å². The second-order valence-corrected chi connectivity index (χ2v) is 5.32. The van der Waals surface area contributed by atoms with Crippen molar-refractivity contribution in [3.05, 3.63) is 0 Å². The molecule has 1 aliphatic heterocycles. The molecule has 2 atom stereocenters. The van der Waals surface area contributed by atoms with Crippen molar-refractivity contribution in [1.82, 2.24) is 4.90 Å². The second-order valence-electron chi connectivity index (χ2n) is 3.92. The summed E-state index contributed by atoms with van der Waals surface area (Å²) in [6.07, 6.45) is 4.17. The first kappa shape index (κ1) is 11.4. The third kappa shape index (κ3) is 3.17. The van der Waals surface area contributed by atoms with Crippen LogP contribution in [-0.4, -0.2) is 35.0 Å². The molecule has 1 nitrogen and oxygen atoms in total. The van der Waals surface area contributed by atoms with E-state index in [1.165, 1.54) is 37.3 Å². The van der Waals surface area contributed by atoms with Crippen LogP contribution in [0.1, 0.15) is 40.0 Å². The van der Waals surface area contributed by atoms with Gasteiger partial charge in [-0.1, -0.05) is 13.8 Å². The van der Waals surface area contributed by atoms with Gasteiger partial charge < -0.3 is 0 Å². The van der Waals surface area contributed by atoms with E-state index in [4.69, 9.17) is 0 Å². The first-order chi connectivity index (χ1) is 6.29. The molecule has 0 aromatic rings. The summed E-state index contributed by atoms with van der Waals surface area (Å²) in [4.78, 5) is 2.71. The van der Waals surface area contributed by atoms with Gasteiger partial charge in [0.1, 0.15) is 0 Å². The lowest BCUT2D eigenvalue weighted by atomic mass is 10.2. The molecule has 0 spiro atoms. The lowest BCUT2D eigenvalue weighted by molar-refractivity contribution is 0.212. The Morgan fingerprint density at radius 3 is 2.69 bits per heavy atom. The zero-order chi connectivity index (χ0) is 9.68. The van der Waals surface area contributed by atoms with Gasteiger partial charge in [-0.2, -0.15) is 11.8 Å². The molecule has 0 aromatic heterocycles. The van der Waals surface area contributed by atoms with E-state index in [9.17, 15) is 0 Å². The van der Waals surface area contributed by atoms with Crippen LogP contribution in [0.15, 0.2) is 0 Å². The molecule has 13 heavy (non-hydrogen) atoms. The smallest absolute Gasteiger partial charge is 0.00963 e. The van der Waals surface area contributed by atoms with Gasteiger partial charge in [0.15, 0.2) is 0 Å². The number of hydrogen-bond acceptors (Lipinski definition) is 2. The van der Waals surface area contributed by atoms with E-state index in [0.717, 1.165) is 12.1 Å². The van der Waals surface area contributed by atoms with Gasteiger partial charge in [0.2, 0.25) is 0 Å². The van der Waals surface area contributed by atoms with Gasteiger partial charge in [0.25, 0.3) is 0 Å². The molecule has 1 fully saturated rings. The quantitative estimate of drug-likeness (QED) is 0.629. The summed E-state index contributed by atoms with van der Waals surface area (Å²) in [5, 5.41) is 0. The van der Waals surface area contributed by atoms with Gasteiger partial charge in [0, 0.05) is 24.4 Å². The summed E-state index contributed by atoms with van der Waals surface area (Å²) in [5.41, 5.74) is 0. The predicted octanol–water partition coefficient (Wildman–Crippen LogP) is 3.00. The third-order valence-corrected chi connectivity index (χ3v) is 4.00. The van der Waals surface area contributed by atoms with Crippen LogP contribution in [0.2, 0.25) is 0 Å². The van der Waals surface area contributed by atoms with Crippen molar-refractivity contribution in [3.8, 4) is 0 Å². The molecule has 0 saturated carbocycles. The Hall–Kier alpha value is 0.310. The molecule has 0 N–H and O–H groups in total. The van der Waals surface area contributed by atoms with E-state index < -0.39 is 0 Å². The highest BCUT2D eigenvalue weighted by Crippen LogP contribution is 2.25. The highest BCUT2D eigenvalue weighted by molar-refractivity contribution is 7.99. The first-order valence-corrected chi connectivity index (χ1v) is 6.78. The number of thioether (sulfide) groups is 1. The van der Waals surface area contributed by atoms with Gasteiger partial charge in [-0.25, -0.2) is 0 Å². The highest BCUT2D eigenvalue weighted by atomic mass is 32.2. The van der Waals surface area contributed by atoms with Crippen molar-refractivity contribution in [1.29, 1.82) is 0 Å². The predicted molar refractivity (Wildman–Crippen MR) is 62.5 cm³/mol. The van der Waals surface area contributed by atoms with Gasteiger partial charge in [-0.05, 0) is 31.9 Å². The van der Waals surface area contributed by atoms with E-state index >= 15 is 0 Å². The van der Waals surface area contributed by atoms with E-state index in [-0.39, 0.29) is 0 Å². The van der Waals surface area contributed by atoms with Crippen molar-refractivity contribution in [2.45, 2.75) is 52.1 Å². The van der Waals surface area contributed by atoms with E-state index in [1.807, 2.05) is 0 Å². The average molecular weight is 201 g/mol. The second kappa shape index (κ2) is 5.92. The number of rotatable bonds is 5. The molecule has 1 saturated heterocycles. The van der Waals surface area contributed by atoms with Crippen LogP contribution in [0.4, 0.5) is 0 Å². The fourth-order valence-corrected chi connectivity index (χ4v) is 2.91. The monoisotopic (exact) mass is 201 g/mol. The van der Waals surface area contributed by atoms with Crippen LogP contribution < -0.4 is 0 Å². The van der Waals surface area contributed by atoms with Crippen molar-refractivity contribution >= 4 is 11.8 Å². The van der Waals surface area contributed by atoms with Gasteiger partial charge >= 0.3 is 0 Å². The molecule has 0 radical (unpaired) electrons. The van der Waals surface area contributed by atoms with E-state index in [2.05, 4.69) is 37.4 Å². The Kier molecular flexibility index (Phi) is 5.18. The fourth-order valence-electron chi connectivity index (χ4n) is 2.28. The zero-order valence-electron chi connectivity index (χ0n) is 9.25. The van der Waals surface area contributed by atoms with Gasteiger partial charge in [0.05, 0.1) is 0 Å². The minimum Gasteiger partial charge on any atom is -0.297 e. The summed E-state index contributed by atoms with van der Waals surface area (Å²) < 4.78 is 0. The molecule has 0 aromatic carbocycles. The molecular weight excluding hydrogens is 178 g/mol. The Morgan fingerprint density at radius 2 is 2.08 bits per heavy atom. The normalized spacial score (nSPS) is 29.8. The van der Waals surface area contributed by atoms with Crippen LogP contribution >= 0.6 is 11.8 Å². The summed E-state index contributed by atoms with van der Waals surface area (Å²) in [5.74, 6) is 2.58. The molecule has 0 aliphatic carbocycles. The van der Waals surface area contributed by atoms with Crippen LogP contribution in [0.5, 0.6) is 0 Å². The molecular formula is C11H23NS. The minimum absolute atomic E-state index is 0.836. The molecule has 2 unspecified atom stereocenters. The van der Waals surface area contributed by atoms with Gasteiger partial charge in [-0.3, -0.25) is 4.90 Å². The molecule has 78 valence electrons. The highest BCUT2D eigenvalue weighted by Gasteiger charge is 2.28. The number of nitrogens with zero attached hydrogens (tertiary/aromatic N) is 1. The van der Waals surface area contributed by atoms with Crippen LogP contribution in [-0.2, 0) is 0 Å². The van der Waals surface area contributed by atoms with Crippen molar-refractivity contribution in [2.24, 2.45) is 0 Å². The Balaban J connectivity index is 2.27. The van der Waals surface area contributed by atoms with Crippen LogP contribution in [0, 0.1) is 0 Å². The van der Waals surface area contributed by atoms with Crippen molar-refractivity contribution in [2.75, 3.05) is 18.1 Å². The molecule has 0 amide bonds. The van der Waals surface area contributed by atoms with Gasteiger partial charge in [-0.15, -0.1) is 0 Å². The average Bonchev–Trinajstić information content (AvgIpc) is 2.48. The Labute approximate surface area is 87.3 Å². The standard InChI is InChI=1S/C11H23NS/c1-4-11-7-6-10(3)12(11)8-9-13-5-2/h10-11H,4-9H2,1-3H3. The van der Waals surface area contributed by atoms with Crippen LogP contribution in [0.25, 0.3) is 0 Å². The minimum atomic E-state index is 0.836. The maximum Gasteiger partial charge on any atom is 0.00963 e. The van der Waals surface area contributed by atoms with E-state index in [0.29, 0.717) is 0 Å². The first-order valence-electron chi connectivity index (χ1n) is 5.63. The Bertz CT molecular complexity index is 138. The number of hydrogen-bond donors (Lipinski definition) is 0. The fraction of sp³-hybridized carbons (Fsp3) is 1.00. The lowest BCUT2D eigenvalue weighted by Crippen LogP contribution is -2.35. The lowest BCUT2D eigenvalue weighted by Gasteiger charge is -2.27. The summed E-state index contributed by atoms with van der Waals surface area (Å²) in [6.45, 7) is 8.25. The summed E-state index contributed by atoms with van der Waals surface area (Å²) in [6, 6.07) is 1.72. The Morgan fingerprint density at radius 1 is 1.31 bits per heavy atom. The third-order valence-electron chi connectivity index (χ3n) is 3.12. The summed E-state index contributed by atoms with van der Waals surface area (Å²) in [7, 11) is 0. The van der Waals surface area contributed by atoms with Crippen molar-refractivity contribution < 1.29 is 0 Å². The van der Waals surface area contributed by atoms with E-state index in [1.54, 1.807) is 0 Å². The molecule has 0 bridgehead atoms. The SMILES string of the molecule is CCSCCN1C(C)CCC1CC. The summed E-state index contributed by atoms with van der Waals surface area (Å²) >= 11 is 2.07. The van der Waals surface area contributed by atoms with Crippen molar-refractivity contribution in [3.63, 3.8) is 0 Å². The zero-order valence-corrected chi connectivity index (χ0v) is 10.1. The largest absolute Gasteiger partial charge is 0.297 e. The molecule has 2 heteroatoms.